The topological polar surface area (TPSA) is 60.5 Å². The van der Waals surface area contributed by atoms with Crippen LogP contribution >= 0.6 is 7.82 Å². The van der Waals surface area contributed by atoms with E-state index in [-0.39, 0.29) is 5.75 Å². The van der Waals surface area contributed by atoms with Gasteiger partial charge in [0.2, 0.25) is 0 Å². The molecular formula is C7H6FN2O5P. The maximum absolute atomic E-state index is 13.1. The molecule has 86 valence electrons. The third-order valence-corrected chi connectivity index (χ3v) is 3.06. The highest BCUT2D eigenvalue weighted by molar-refractivity contribution is 7.49. The van der Waals surface area contributed by atoms with E-state index in [1.54, 1.807) is 0 Å². The van der Waals surface area contributed by atoms with E-state index in [9.17, 15) is 8.96 Å². The summed E-state index contributed by atoms with van der Waals surface area (Å²) in [5, 5.41) is 1.80. The van der Waals surface area contributed by atoms with Gasteiger partial charge in [0, 0.05) is 6.07 Å². The van der Waals surface area contributed by atoms with Gasteiger partial charge in [0.25, 0.3) is 0 Å². The second-order valence-corrected chi connectivity index (χ2v) is 4.41. The summed E-state index contributed by atoms with van der Waals surface area (Å²) < 4.78 is 43.3. The Bertz CT molecular complexity index is 488. The molecular weight excluding hydrogens is 242 g/mol. The summed E-state index contributed by atoms with van der Waals surface area (Å²) in [4.78, 5) is 0. The molecule has 2 bridgehead atoms. The Labute approximate surface area is 89.3 Å². The second-order valence-electron chi connectivity index (χ2n) is 3.02. The molecule has 16 heavy (non-hydrogen) atoms. The lowest BCUT2D eigenvalue weighted by molar-refractivity contribution is -0.318. The Morgan fingerprint density at radius 3 is 2.69 bits per heavy atom. The molecule has 3 aliphatic rings. The van der Waals surface area contributed by atoms with Crippen LogP contribution in [-0.4, -0.2) is 12.4 Å². The van der Waals surface area contributed by atoms with Crippen molar-refractivity contribution in [3.63, 3.8) is 0 Å². The van der Waals surface area contributed by atoms with Crippen molar-refractivity contribution in [1.29, 1.82) is 0 Å². The van der Waals surface area contributed by atoms with Crippen molar-refractivity contribution in [2.45, 2.75) is 0 Å². The van der Waals surface area contributed by atoms with Gasteiger partial charge in [-0.05, 0) is 12.1 Å². The average Bonchev–Trinajstić information content (AvgIpc) is 2.72. The SMILES string of the molecule is COc1cc(N2OP3(=O)ON2O3)ccc1F. The van der Waals surface area contributed by atoms with E-state index in [1.165, 1.54) is 25.3 Å². The van der Waals surface area contributed by atoms with Crippen molar-refractivity contribution in [3.8, 4) is 5.75 Å². The second kappa shape index (κ2) is 3.16. The van der Waals surface area contributed by atoms with Gasteiger partial charge in [0.05, 0.1) is 18.1 Å². The standard InChI is InChI=1S/C7H6FN2O5P/c1-12-7-4-5(2-3-6(7)8)9-10-14-16(11,13-9)15-10/h2-4H,1H3. The van der Waals surface area contributed by atoms with Crippen LogP contribution in [0.25, 0.3) is 0 Å². The van der Waals surface area contributed by atoms with Crippen LogP contribution in [0.4, 0.5) is 10.1 Å². The highest BCUT2D eigenvalue weighted by Gasteiger charge is 2.60. The van der Waals surface area contributed by atoms with E-state index in [4.69, 9.17) is 9.36 Å². The lowest BCUT2D eigenvalue weighted by Gasteiger charge is -2.21. The van der Waals surface area contributed by atoms with E-state index >= 15 is 0 Å². The van der Waals surface area contributed by atoms with Gasteiger partial charge < -0.3 is 4.74 Å². The first-order valence-corrected chi connectivity index (χ1v) is 5.70. The zero-order valence-corrected chi connectivity index (χ0v) is 8.89. The van der Waals surface area contributed by atoms with Crippen molar-refractivity contribution >= 4 is 13.5 Å². The molecule has 4 rings (SSSR count). The van der Waals surface area contributed by atoms with Gasteiger partial charge in [0.1, 0.15) is 0 Å². The summed E-state index contributed by atoms with van der Waals surface area (Å²) in [6, 6.07) is 3.94. The van der Waals surface area contributed by atoms with Gasteiger partial charge in [-0.3, -0.25) is 0 Å². The molecule has 0 unspecified atom stereocenters. The first-order chi connectivity index (χ1) is 7.61. The summed E-state index contributed by atoms with van der Waals surface area (Å²) in [5.74, 6) is -0.481. The molecule has 3 heterocycles. The van der Waals surface area contributed by atoms with Crippen molar-refractivity contribution in [2.24, 2.45) is 0 Å². The monoisotopic (exact) mass is 248 g/mol. The number of hydrogen-bond donors (Lipinski definition) is 0. The predicted octanol–water partition coefficient (Wildman–Crippen LogP) is 1.79. The van der Waals surface area contributed by atoms with Crippen LogP contribution in [0.3, 0.4) is 0 Å². The number of methoxy groups -OCH3 is 1. The number of rotatable bonds is 2. The minimum atomic E-state index is -3.44. The Morgan fingerprint density at radius 2 is 2.12 bits per heavy atom. The molecule has 0 aromatic heterocycles. The van der Waals surface area contributed by atoms with Crippen LogP contribution in [-0.2, 0) is 18.4 Å². The fraction of sp³-hybridized carbons (Fsp3) is 0.143. The number of nitrogens with zero attached hydrogens (tertiary/aromatic N) is 2. The van der Waals surface area contributed by atoms with Gasteiger partial charge in [-0.25, -0.2) is 8.96 Å². The average molecular weight is 248 g/mol. The fourth-order valence-electron chi connectivity index (χ4n) is 1.31. The summed E-state index contributed by atoms with van der Waals surface area (Å²) in [6.07, 6.45) is 0. The Kier molecular flexibility index (Phi) is 1.97. The summed E-state index contributed by atoms with van der Waals surface area (Å²) in [7, 11) is -2.10. The van der Waals surface area contributed by atoms with Crippen molar-refractivity contribution in [3.05, 3.63) is 24.0 Å². The highest BCUT2D eigenvalue weighted by Crippen LogP contribution is 2.67. The molecule has 3 saturated heterocycles. The minimum Gasteiger partial charge on any atom is -0.494 e. The molecule has 0 amide bonds. The van der Waals surface area contributed by atoms with E-state index in [2.05, 4.69) is 9.25 Å². The van der Waals surface area contributed by atoms with Crippen molar-refractivity contribution in [2.75, 3.05) is 12.3 Å². The van der Waals surface area contributed by atoms with Crippen LogP contribution < -0.4 is 9.91 Å². The van der Waals surface area contributed by atoms with Gasteiger partial charge in [-0.2, -0.15) is 0 Å². The van der Waals surface area contributed by atoms with E-state index in [0.717, 1.165) is 10.5 Å². The van der Waals surface area contributed by atoms with E-state index in [1.807, 2.05) is 0 Å². The number of fused-ring (bicyclic) bond motifs is 1. The molecule has 0 saturated carbocycles. The van der Waals surface area contributed by atoms with Gasteiger partial charge in [-0.15, -0.1) is 19.0 Å². The third kappa shape index (κ3) is 1.32. The number of ether oxygens (including phenoxy) is 1. The van der Waals surface area contributed by atoms with Crippen molar-refractivity contribution in [1.82, 2.24) is 5.34 Å². The van der Waals surface area contributed by atoms with Crippen molar-refractivity contribution < 1.29 is 27.6 Å². The zero-order valence-electron chi connectivity index (χ0n) is 7.99. The molecule has 1 aromatic rings. The molecule has 9 heteroatoms. The maximum Gasteiger partial charge on any atom is 0.538 e. The molecule has 0 N–H and O–H groups in total. The quantitative estimate of drug-likeness (QED) is 0.739. The highest BCUT2D eigenvalue weighted by atomic mass is 31.2. The summed E-state index contributed by atoms with van der Waals surface area (Å²) in [6.45, 7) is 0. The van der Waals surface area contributed by atoms with E-state index < -0.39 is 13.6 Å². The number of phosphoric acid groups is 1. The first kappa shape index (κ1) is 10.0. The molecule has 0 aliphatic carbocycles. The van der Waals surface area contributed by atoms with Crippen LogP contribution in [0.2, 0.25) is 0 Å². The van der Waals surface area contributed by atoms with E-state index in [0.29, 0.717) is 5.69 Å². The third-order valence-electron chi connectivity index (χ3n) is 2.02. The molecule has 0 spiro atoms. The Balaban J connectivity index is 1.93. The predicted molar refractivity (Wildman–Crippen MR) is 48.1 cm³/mol. The number of hydrazine groups is 1. The molecule has 1 aromatic carbocycles. The largest absolute Gasteiger partial charge is 0.538 e. The number of benzene rings is 1. The van der Waals surface area contributed by atoms with Crippen LogP contribution in [0.5, 0.6) is 5.75 Å². The molecule has 7 nitrogen and oxygen atoms in total. The van der Waals surface area contributed by atoms with Crippen LogP contribution in [0.15, 0.2) is 18.2 Å². The Morgan fingerprint density at radius 1 is 1.38 bits per heavy atom. The minimum absolute atomic E-state index is 0.0321. The van der Waals surface area contributed by atoms with Crippen LogP contribution in [0, 0.1) is 5.82 Å². The maximum atomic E-state index is 13.1. The summed E-state index contributed by atoms with van der Waals surface area (Å²) in [5.41, 5.74) is 0.369. The number of hydrogen-bond acceptors (Lipinski definition) is 7. The molecule has 3 fully saturated rings. The molecule has 0 radical (unpaired) electrons. The number of anilines is 1. The fourth-order valence-corrected chi connectivity index (χ4v) is 2.20. The van der Waals surface area contributed by atoms with Crippen LogP contribution in [0.1, 0.15) is 0 Å². The lowest BCUT2D eigenvalue weighted by atomic mass is 10.3. The molecule has 3 aliphatic heterocycles. The molecule has 0 atom stereocenters. The smallest absolute Gasteiger partial charge is 0.494 e. The first-order valence-electron chi connectivity index (χ1n) is 4.24. The van der Waals surface area contributed by atoms with Gasteiger partial charge in [0.15, 0.2) is 11.6 Å². The summed E-state index contributed by atoms with van der Waals surface area (Å²) >= 11 is 0. The zero-order chi connectivity index (χ0) is 11.3. The number of halogens is 1. The van der Waals surface area contributed by atoms with Gasteiger partial charge in [-0.1, -0.05) is 0 Å². The van der Waals surface area contributed by atoms with Gasteiger partial charge >= 0.3 is 7.82 Å². The lowest BCUT2D eigenvalue weighted by Crippen LogP contribution is -2.34. The Hall–Kier alpha value is -1.18. The normalized spacial score (nSPS) is 31.4.